The molecule has 2 aliphatic rings. The number of fused-ring (bicyclic) bond motifs is 1. The van der Waals surface area contributed by atoms with Crippen molar-refractivity contribution < 1.29 is 0 Å². The lowest BCUT2D eigenvalue weighted by Gasteiger charge is -2.44. The molecular weight excluding hydrogens is 324 g/mol. The summed E-state index contributed by atoms with van der Waals surface area (Å²) in [7, 11) is 0. The predicted octanol–water partition coefficient (Wildman–Crippen LogP) is 7.81. The first-order valence-electron chi connectivity index (χ1n) is 10.6. The fourth-order valence-corrected chi connectivity index (χ4v) is 5.20. The molecular formula is C27H36. The van der Waals surface area contributed by atoms with Gasteiger partial charge < -0.3 is 0 Å². The lowest BCUT2D eigenvalue weighted by atomic mass is 9.60. The summed E-state index contributed by atoms with van der Waals surface area (Å²) < 4.78 is 0. The zero-order valence-corrected chi connectivity index (χ0v) is 18.3. The van der Waals surface area contributed by atoms with Crippen LogP contribution in [0.1, 0.15) is 78.0 Å². The summed E-state index contributed by atoms with van der Waals surface area (Å²) in [6.07, 6.45) is 12.7. The zero-order chi connectivity index (χ0) is 19.8. The highest BCUT2D eigenvalue weighted by Crippen LogP contribution is 2.51. The summed E-state index contributed by atoms with van der Waals surface area (Å²) in [5.74, 6) is 1.27. The van der Waals surface area contributed by atoms with E-state index < -0.39 is 0 Å². The number of allylic oxidation sites excluding steroid dienone is 7. The zero-order valence-electron chi connectivity index (χ0n) is 18.3. The van der Waals surface area contributed by atoms with Gasteiger partial charge in [0.15, 0.2) is 0 Å². The molecule has 0 aliphatic heterocycles. The highest BCUT2D eigenvalue weighted by Gasteiger charge is 2.40. The van der Waals surface area contributed by atoms with Crippen molar-refractivity contribution in [3.63, 3.8) is 0 Å². The molecule has 144 valence electrons. The van der Waals surface area contributed by atoms with E-state index >= 15 is 0 Å². The first-order valence-corrected chi connectivity index (χ1v) is 10.6. The minimum absolute atomic E-state index is 0.0757. The predicted molar refractivity (Wildman–Crippen MR) is 120 cm³/mol. The van der Waals surface area contributed by atoms with E-state index in [1.165, 1.54) is 24.0 Å². The van der Waals surface area contributed by atoms with Gasteiger partial charge in [-0.1, -0.05) is 81.3 Å². The summed E-state index contributed by atoms with van der Waals surface area (Å²) in [4.78, 5) is 0. The molecule has 0 saturated heterocycles. The second-order valence-electron chi connectivity index (χ2n) is 9.29. The van der Waals surface area contributed by atoms with Gasteiger partial charge in [0.25, 0.3) is 0 Å². The van der Waals surface area contributed by atoms with E-state index in [0.717, 1.165) is 6.42 Å². The second-order valence-corrected chi connectivity index (χ2v) is 9.29. The SMILES string of the molecule is C/C=C\c1cccc2c1CC1=C(C(C)=C(C)CC1CC=CC(C)C)C2(C)C. The molecule has 0 fully saturated rings. The van der Waals surface area contributed by atoms with Crippen LogP contribution in [0.2, 0.25) is 0 Å². The van der Waals surface area contributed by atoms with Crippen molar-refractivity contribution in [1.82, 2.24) is 0 Å². The Bertz CT molecular complexity index is 837. The van der Waals surface area contributed by atoms with Gasteiger partial charge in [-0.05, 0) is 79.7 Å². The molecule has 0 heteroatoms. The van der Waals surface area contributed by atoms with Gasteiger partial charge in [-0.3, -0.25) is 0 Å². The molecule has 1 atom stereocenters. The van der Waals surface area contributed by atoms with E-state index in [2.05, 4.69) is 91.0 Å². The van der Waals surface area contributed by atoms with E-state index in [-0.39, 0.29) is 5.41 Å². The van der Waals surface area contributed by atoms with Crippen LogP contribution in [0, 0.1) is 11.8 Å². The molecule has 0 radical (unpaired) electrons. The Morgan fingerprint density at radius 3 is 2.59 bits per heavy atom. The van der Waals surface area contributed by atoms with E-state index in [0.29, 0.717) is 11.8 Å². The van der Waals surface area contributed by atoms with E-state index in [4.69, 9.17) is 0 Å². The molecule has 2 aliphatic carbocycles. The standard InChI is InChI=1S/C27H36/c1-8-11-21-13-10-15-25-23(21)17-24-22(14-9-12-18(2)3)16-19(4)20(5)26(24)27(25,6)7/h8-13,15,18,22H,14,16-17H2,1-7H3/b11-8-,12-9?. The molecule has 0 spiro atoms. The Kier molecular flexibility index (Phi) is 5.65. The molecule has 0 heterocycles. The first kappa shape index (κ1) is 19.9. The highest BCUT2D eigenvalue weighted by atomic mass is 14.4. The highest BCUT2D eigenvalue weighted by molar-refractivity contribution is 5.65. The monoisotopic (exact) mass is 360 g/mol. The van der Waals surface area contributed by atoms with Gasteiger partial charge in [-0.25, -0.2) is 0 Å². The van der Waals surface area contributed by atoms with E-state index in [1.807, 2.05) is 0 Å². The summed E-state index contributed by atoms with van der Waals surface area (Å²) in [5.41, 5.74) is 11.0. The Morgan fingerprint density at radius 2 is 1.93 bits per heavy atom. The van der Waals surface area contributed by atoms with Gasteiger partial charge in [0.05, 0.1) is 0 Å². The van der Waals surface area contributed by atoms with Crippen LogP contribution in [0.15, 0.2) is 58.7 Å². The average molecular weight is 361 g/mol. The summed E-state index contributed by atoms with van der Waals surface area (Å²) in [6.45, 7) is 16.2. The molecule has 0 saturated carbocycles. The van der Waals surface area contributed by atoms with Gasteiger partial charge in [0.2, 0.25) is 0 Å². The van der Waals surface area contributed by atoms with Gasteiger partial charge in [0.1, 0.15) is 0 Å². The fraction of sp³-hybridized carbons (Fsp3) is 0.481. The van der Waals surface area contributed by atoms with Crippen molar-refractivity contribution in [1.29, 1.82) is 0 Å². The molecule has 0 N–H and O–H groups in total. The van der Waals surface area contributed by atoms with Crippen LogP contribution in [-0.4, -0.2) is 0 Å². The minimum Gasteiger partial charge on any atom is -0.0877 e. The molecule has 1 aromatic carbocycles. The van der Waals surface area contributed by atoms with Gasteiger partial charge in [-0.15, -0.1) is 0 Å². The average Bonchev–Trinajstić information content (AvgIpc) is 2.59. The maximum Gasteiger partial charge on any atom is 0.0152 e. The third kappa shape index (κ3) is 3.64. The quantitative estimate of drug-likeness (QED) is 0.480. The molecule has 27 heavy (non-hydrogen) atoms. The van der Waals surface area contributed by atoms with Crippen molar-refractivity contribution >= 4 is 6.08 Å². The number of benzene rings is 1. The molecule has 0 bridgehead atoms. The van der Waals surface area contributed by atoms with Crippen LogP contribution >= 0.6 is 0 Å². The number of rotatable bonds is 4. The largest absolute Gasteiger partial charge is 0.0877 e. The van der Waals surface area contributed by atoms with E-state index in [9.17, 15) is 0 Å². The molecule has 1 aromatic rings. The van der Waals surface area contributed by atoms with Crippen molar-refractivity contribution in [2.45, 2.75) is 73.1 Å². The lowest BCUT2D eigenvalue weighted by molar-refractivity contribution is 0.510. The Labute approximate surface area is 166 Å². The second kappa shape index (κ2) is 7.66. The maximum absolute atomic E-state index is 2.43. The summed E-state index contributed by atoms with van der Waals surface area (Å²) >= 11 is 0. The summed E-state index contributed by atoms with van der Waals surface area (Å²) in [6, 6.07) is 6.88. The smallest absolute Gasteiger partial charge is 0.0152 e. The van der Waals surface area contributed by atoms with Crippen LogP contribution in [0.5, 0.6) is 0 Å². The fourth-order valence-electron chi connectivity index (χ4n) is 5.20. The third-order valence-electron chi connectivity index (χ3n) is 6.55. The molecule has 3 rings (SSSR count). The van der Waals surface area contributed by atoms with Crippen molar-refractivity contribution in [2.24, 2.45) is 11.8 Å². The topological polar surface area (TPSA) is 0 Å². The van der Waals surface area contributed by atoms with Crippen LogP contribution in [-0.2, 0) is 11.8 Å². The van der Waals surface area contributed by atoms with Crippen LogP contribution in [0.4, 0.5) is 0 Å². The first-order chi connectivity index (χ1) is 12.8. The Hall–Kier alpha value is -1.82. The molecule has 0 aromatic heterocycles. The van der Waals surface area contributed by atoms with Crippen molar-refractivity contribution in [2.75, 3.05) is 0 Å². The van der Waals surface area contributed by atoms with Crippen LogP contribution < -0.4 is 0 Å². The van der Waals surface area contributed by atoms with Crippen molar-refractivity contribution in [3.05, 3.63) is 75.4 Å². The minimum atomic E-state index is 0.0757. The molecule has 0 amide bonds. The molecule has 1 unspecified atom stereocenters. The normalized spacial score (nSPS) is 22.1. The van der Waals surface area contributed by atoms with Gasteiger partial charge in [0, 0.05) is 5.41 Å². The maximum atomic E-state index is 2.43. The summed E-state index contributed by atoms with van der Waals surface area (Å²) in [5, 5.41) is 0. The van der Waals surface area contributed by atoms with Gasteiger partial charge in [-0.2, -0.15) is 0 Å². The van der Waals surface area contributed by atoms with E-state index in [1.54, 1.807) is 27.9 Å². The lowest BCUT2D eigenvalue weighted by Crippen LogP contribution is -2.33. The number of hydrogen-bond acceptors (Lipinski definition) is 0. The third-order valence-corrected chi connectivity index (χ3v) is 6.55. The van der Waals surface area contributed by atoms with Gasteiger partial charge >= 0.3 is 0 Å². The van der Waals surface area contributed by atoms with Crippen LogP contribution in [0.3, 0.4) is 0 Å². The number of hydrogen-bond donors (Lipinski definition) is 0. The van der Waals surface area contributed by atoms with Crippen molar-refractivity contribution in [3.8, 4) is 0 Å². The Balaban J connectivity index is 2.13. The Morgan fingerprint density at radius 1 is 1.19 bits per heavy atom. The molecule has 0 nitrogen and oxygen atoms in total. The van der Waals surface area contributed by atoms with Crippen LogP contribution in [0.25, 0.3) is 6.08 Å².